The molecule has 0 amide bonds. The van der Waals surface area contributed by atoms with Gasteiger partial charge in [-0.3, -0.25) is 0 Å². The largest absolute Gasteiger partial charge is 0.334 e. The molecule has 2 saturated carbocycles. The van der Waals surface area contributed by atoms with Gasteiger partial charge in [0.1, 0.15) is 0 Å². The molecule has 3 aliphatic carbocycles. The minimum atomic E-state index is -0.137. The first-order valence-electron chi connectivity index (χ1n) is 24.6. The highest BCUT2D eigenvalue weighted by Crippen LogP contribution is 2.64. The molecule has 2 fully saturated rings. The first-order chi connectivity index (χ1) is 31.4. The Balaban J connectivity index is 0.873. The maximum absolute atomic E-state index is 2.74. The summed E-state index contributed by atoms with van der Waals surface area (Å²) in [5.41, 5.74) is 19.3. The fourth-order valence-electron chi connectivity index (χ4n) is 14.5. The van der Waals surface area contributed by atoms with Crippen molar-refractivity contribution in [3.05, 3.63) is 180 Å². The van der Waals surface area contributed by atoms with Crippen LogP contribution in [-0.2, 0) is 16.2 Å². The predicted octanol–water partition coefficient (Wildman–Crippen LogP) is 17.1. The van der Waals surface area contributed by atoms with Gasteiger partial charge in [0.2, 0.25) is 0 Å². The Bertz CT molecular complexity index is 3070. The molecule has 4 atom stereocenters. The molecule has 0 spiro atoms. The number of anilines is 4. The zero-order valence-electron chi connectivity index (χ0n) is 39.1. The second-order valence-electron chi connectivity index (χ2n) is 21.9. The molecular formula is C63H60N2. The van der Waals surface area contributed by atoms with Gasteiger partial charge in [-0.2, -0.15) is 0 Å². The molecule has 0 bridgehead atoms. The molecule has 4 unspecified atom stereocenters. The molecule has 8 aromatic carbocycles. The van der Waals surface area contributed by atoms with Crippen LogP contribution in [0.15, 0.2) is 158 Å². The van der Waals surface area contributed by atoms with Crippen LogP contribution in [0, 0.1) is 0 Å². The van der Waals surface area contributed by atoms with E-state index in [1.165, 1.54) is 151 Å². The number of fused-ring (bicyclic) bond motifs is 11. The van der Waals surface area contributed by atoms with Crippen LogP contribution in [-0.4, -0.2) is 11.1 Å². The molecule has 13 rings (SSSR count). The maximum atomic E-state index is 2.74. The standard InChI is InChI=1S/C63H60N2/c1-59(2)51-37-43(45-27-31-57-53(39-45)60(3)33-11-13-35-62(60,5)64(57)55-23-15-19-41-17-7-9-21-47(41)55)25-29-49(51)50-30-26-44(38-52(50)59)46-28-32-58-54(40-46)61(4)34-12-14-36-63(61,6)65(58)56-24-16-20-42-18-8-10-22-48(42)56/h7-10,15-32,37-40H,11-14,33-36H2,1-6H3. The van der Waals surface area contributed by atoms with E-state index in [0.29, 0.717) is 0 Å². The van der Waals surface area contributed by atoms with Crippen molar-refractivity contribution in [3.8, 4) is 33.4 Å². The lowest BCUT2D eigenvalue weighted by Gasteiger charge is -2.50. The summed E-state index contributed by atoms with van der Waals surface area (Å²) in [4.78, 5) is 5.48. The molecular weight excluding hydrogens is 785 g/mol. The average Bonchev–Trinajstić information content (AvgIpc) is 3.78. The van der Waals surface area contributed by atoms with Gasteiger partial charge < -0.3 is 9.80 Å². The van der Waals surface area contributed by atoms with Gasteiger partial charge in [0.05, 0.1) is 11.1 Å². The Kier molecular flexibility index (Phi) is 8.14. The summed E-state index contributed by atoms with van der Waals surface area (Å²) in [6.07, 6.45) is 9.90. The first kappa shape index (κ1) is 39.3. The third-order valence-corrected chi connectivity index (χ3v) is 18.6. The smallest absolute Gasteiger partial charge is 0.0518 e. The van der Waals surface area contributed by atoms with E-state index in [4.69, 9.17) is 0 Å². The highest BCUT2D eigenvalue weighted by molar-refractivity contribution is 6.00. The summed E-state index contributed by atoms with van der Waals surface area (Å²) < 4.78 is 0. The second kappa shape index (κ2) is 13.5. The van der Waals surface area contributed by atoms with Gasteiger partial charge in [-0.25, -0.2) is 0 Å². The van der Waals surface area contributed by atoms with Gasteiger partial charge in [0.15, 0.2) is 0 Å². The van der Waals surface area contributed by atoms with Crippen LogP contribution in [0.1, 0.15) is 115 Å². The van der Waals surface area contributed by atoms with Crippen molar-refractivity contribution >= 4 is 44.3 Å². The summed E-state index contributed by atoms with van der Waals surface area (Å²) in [7, 11) is 0. The molecule has 2 nitrogen and oxygen atoms in total. The van der Waals surface area contributed by atoms with Crippen molar-refractivity contribution in [2.24, 2.45) is 0 Å². The molecule has 2 aliphatic heterocycles. The third kappa shape index (κ3) is 5.12. The lowest BCUT2D eigenvalue weighted by atomic mass is 9.61. The Morgan fingerprint density at radius 1 is 0.338 bits per heavy atom. The van der Waals surface area contributed by atoms with Crippen molar-refractivity contribution in [1.29, 1.82) is 0 Å². The van der Waals surface area contributed by atoms with Crippen LogP contribution in [0.25, 0.3) is 54.9 Å². The van der Waals surface area contributed by atoms with Crippen molar-refractivity contribution in [3.63, 3.8) is 0 Å². The molecule has 0 saturated heterocycles. The van der Waals surface area contributed by atoms with Gasteiger partial charge in [0.25, 0.3) is 0 Å². The number of hydrogen-bond donors (Lipinski definition) is 0. The van der Waals surface area contributed by atoms with Gasteiger partial charge in [-0.1, -0.05) is 163 Å². The van der Waals surface area contributed by atoms with E-state index in [9.17, 15) is 0 Å². The average molecular weight is 845 g/mol. The monoisotopic (exact) mass is 844 g/mol. The zero-order valence-corrected chi connectivity index (χ0v) is 39.1. The number of benzene rings is 8. The molecule has 0 aromatic heterocycles. The van der Waals surface area contributed by atoms with E-state index in [1.807, 2.05) is 0 Å². The SMILES string of the molecule is CC1(C)c2cc(-c3ccc4c(c3)C3(C)CCCCC3(C)N4c3cccc4ccccc34)ccc2-c2ccc(-c3ccc4c(c3)C3(C)CCCCC3(C)N4c3cccc4ccccc34)cc21. The zero-order chi connectivity index (χ0) is 44.1. The molecule has 2 heterocycles. The molecule has 5 aliphatic rings. The van der Waals surface area contributed by atoms with Gasteiger partial charge >= 0.3 is 0 Å². The van der Waals surface area contributed by atoms with E-state index < -0.39 is 0 Å². The van der Waals surface area contributed by atoms with Crippen molar-refractivity contribution in [1.82, 2.24) is 0 Å². The lowest BCUT2D eigenvalue weighted by molar-refractivity contribution is 0.195. The highest BCUT2D eigenvalue weighted by Gasteiger charge is 2.59. The van der Waals surface area contributed by atoms with Crippen LogP contribution >= 0.6 is 0 Å². The van der Waals surface area contributed by atoms with Gasteiger partial charge in [-0.15, -0.1) is 0 Å². The van der Waals surface area contributed by atoms with Crippen molar-refractivity contribution < 1.29 is 0 Å². The Hall–Kier alpha value is -6.12. The minimum Gasteiger partial charge on any atom is -0.334 e. The summed E-state index contributed by atoms with van der Waals surface area (Å²) in [6, 6.07) is 61.1. The Labute approximate surface area is 386 Å². The first-order valence-corrected chi connectivity index (χ1v) is 24.6. The normalized spacial score (nSPS) is 25.8. The van der Waals surface area contributed by atoms with Gasteiger partial charge in [-0.05, 0) is 154 Å². The molecule has 0 radical (unpaired) electrons. The fraction of sp³-hybridized carbons (Fsp3) is 0.302. The minimum absolute atomic E-state index is 0.00160. The molecule has 322 valence electrons. The quantitative estimate of drug-likeness (QED) is 0.174. The summed E-state index contributed by atoms with van der Waals surface area (Å²) in [5.74, 6) is 0. The predicted molar refractivity (Wildman–Crippen MR) is 276 cm³/mol. The molecule has 8 aromatic rings. The Morgan fingerprint density at radius 3 is 1.15 bits per heavy atom. The summed E-state index contributed by atoms with van der Waals surface area (Å²) in [6.45, 7) is 15.1. The molecule has 2 heteroatoms. The summed E-state index contributed by atoms with van der Waals surface area (Å²) in [5, 5.41) is 5.29. The highest BCUT2D eigenvalue weighted by atomic mass is 15.3. The van der Waals surface area contributed by atoms with Gasteiger partial charge in [0, 0.05) is 49.8 Å². The van der Waals surface area contributed by atoms with Crippen LogP contribution in [0.5, 0.6) is 0 Å². The van der Waals surface area contributed by atoms with E-state index in [-0.39, 0.29) is 27.3 Å². The number of hydrogen-bond acceptors (Lipinski definition) is 2. The van der Waals surface area contributed by atoms with Crippen molar-refractivity contribution in [2.45, 2.75) is 120 Å². The van der Waals surface area contributed by atoms with Crippen LogP contribution in [0.2, 0.25) is 0 Å². The van der Waals surface area contributed by atoms with E-state index >= 15 is 0 Å². The molecule has 65 heavy (non-hydrogen) atoms. The van der Waals surface area contributed by atoms with E-state index in [1.54, 1.807) is 0 Å². The fourth-order valence-corrected chi connectivity index (χ4v) is 14.5. The number of nitrogens with zero attached hydrogens (tertiary/aromatic N) is 2. The van der Waals surface area contributed by atoms with Crippen LogP contribution < -0.4 is 9.80 Å². The van der Waals surface area contributed by atoms with Crippen LogP contribution in [0.4, 0.5) is 22.7 Å². The second-order valence-corrected chi connectivity index (χ2v) is 21.9. The third-order valence-electron chi connectivity index (χ3n) is 18.6. The maximum Gasteiger partial charge on any atom is 0.0518 e. The topological polar surface area (TPSA) is 6.48 Å². The number of rotatable bonds is 4. The van der Waals surface area contributed by atoms with Crippen LogP contribution in [0.3, 0.4) is 0 Å². The van der Waals surface area contributed by atoms with E-state index in [0.717, 1.165) is 0 Å². The summed E-state index contributed by atoms with van der Waals surface area (Å²) >= 11 is 0. The lowest BCUT2D eigenvalue weighted by Crippen LogP contribution is -2.54. The van der Waals surface area contributed by atoms with E-state index in [2.05, 4.69) is 209 Å². The molecule has 0 N–H and O–H groups in total. The van der Waals surface area contributed by atoms with Crippen molar-refractivity contribution in [2.75, 3.05) is 9.80 Å². The Morgan fingerprint density at radius 2 is 0.708 bits per heavy atom.